The minimum Gasteiger partial charge on any atom is -0.298 e. The van der Waals surface area contributed by atoms with Gasteiger partial charge in [-0.1, -0.05) is 30.4 Å². The molecule has 0 atom stereocenters. The van der Waals surface area contributed by atoms with E-state index in [1.54, 1.807) is 12.1 Å². The van der Waals surface area contributed by atoms with E-state index in [-0.39, 0.29) is 5.82 Å². The van der Waals surface area contributed by atoms with Gasteiger partial charge in [-0.25, -0.2) is 4.39 Å². The fourth-order valence-electron chi connectivity index (χ4n) is 1.77. The van der Waals surface area contributed by atoms with Crippen molar-refractivity contribution in [2.45, 2.75) is 6.92 Å². The number of aryl methyl sites for hydroxylation is 1. The smallest absolute Gasteiger partial charge is 0.150 e. The van der Waals surface area contributed by atoms with Crippen molar-refractivity contribution in [2.75, 3.05) is 0 Å². The Bertz CT molecular complexity index is 583. The maximum absolute atomic E-state index is 12.7. The van der Waals surface area contributed by atoms with Crippen molar-refractivity contribution in [3.8, 4) is 0 Å². The first-order valence-corrected chi connectivity index (χ1v) is 5.68. The van der Waals surface area contributed by atoms with Crippen molar-refractivity contribution < 1.29 is 9.18 Å². The minimum atomic E-state index is -0.244. The predicted molar refractivity (Wildman–Crippen MR) is 71.9 cm³/mol. The van der Waals surface area contributed by atoms with Crippen LogP contribution in [0.15, 0.2) is 42.5 Å². The molecule has 90 valence electrons. The van der Waals surface area contributed by atoms with Gasteiger partial charge in [0.05, 0.1) is 0 Å². The second-order valence-electron chi connectivity index (χ2n) is 4.18. The second-order valence-corrected chi connectivity index (χ2v) is 4.18. The van der Waals surface area contributed by atoms with Crippen LogP contribution in [-0.4, -0.2) is 6.29 Å². The van der Waals surface area contributed by atoms with Gasteiger partial charge in [0.15, 0.2) is 0 Å². The number of carbonyl (C=O) groups excluding carboxylic acids is 1. The standard InChI is InChI=1S/C16H13FO/c1-12-8-14(10-15(9-12)11-18)3-2-13-4-6-16(17)7-5-13/h2-11H,1H3/b3-2+. The molecule has 0 unspecified atom stereocenters. The van der Waals surface area contributed by atoms with E-state index < -0.39 is 0 Å². The van der Waals surface area contributed by atoms with E-state index in [4.69, 9.17) is 0 Å². The Labute approximate surface area is 106 Å². The molecule has 0 radical (unpaired) electrons. The van der Waals surface area contributed by atoms with Crippen LogP contribution in [0.25, 0.3) is 12.2 Å². The summed E-state index contributed by atoms with van der Waals surface area (Å²) in [6, 6.07) is 11.9. The van der Waals surface area contributed by atoms with Crippen LogP contribution in [0, 0.1) is 12.7 Å². The zero-order chi connectivity index (χ0) is 13.0. The molecule has 0 aromatic heterocycles. The van der Waals surface area contributed by atoms with Crippen LogP contribution in [-0.2, 0) is 0 Å². The maximum Gasteiger partial charge on any atom is 0.150 e. The summed E-state index contributed by atoms with van der Waals surface area (Å²) in [4.78, 5) is 10.8. The van der Waals surface area contributed by atoms with Crippen molar-refractivity contribution in [1.29, 1.82) is 0 Å². The third-order valence-corrected chi connectivity index (χ3v) is 2.60. The number of halogens is 1. The van der Waals surface area contributed by atoms with Crippen LogP contribution >= 0.6 is 0 Å². The molecule has 18 heavy (non-hydrogen) atoms. The summed E-state index contributed by atoms with van der Waals surface area (Å²) in [5, 5.41) is 0. The maximum atomic E-state index is 12.7. The molecule has 2 rings (SSSR count). The first-order valence-electron chi connectivity index (χ1n) is 5.68. The highest BCUT2D eigenvalue weighted by molar-refractivity contribution is 5.78. The molecule has 0 heterocycles. The lowest BCUT2D eigenvalue weighted by molar-refractivity contribution is 0.112. The van der Waals surface area contributed by atoms with Gasteiger partial charge >= 0.3 is 0 Å². The topological polar surface area (TPSA) is 17.1 Å². The summed E-state index contributed by atoms with van der Waals surface area (Å²) >= 11 is 0. The third kappa shape index (κ3) is 3.14. The van der Waals surface area contributed by atoms with Crippen molar-refractivity contribution in [2.24, 2.45) is 0 Å². The van der Waals surface area contributed by atoms with Crippen LogP contribution < -0.4 is 0 Å². The molecule has 0 aliphatic rings. The fourth-order valence-corrected chi connectivity index (χ4v) is 1.77. The van der Waals surface area contributed by atoms with Gasteiger partial charge in [-0.15, -0.1) is 0 Å². The Kier molecular flexibility index (Phi) is 3.68. The number of rotatable bonds is 3. The van der Waals surface area contributed by atoms with Gasteiger partial charge in [-0.2, -0.15) is 0 Å². The van der Waals surface area contributed by atoms with Gasteiger partial charge in [0.2, 0.25) is 0 Å². The molecule has 0 N–H and O–H groups in total. The van der Waals surface area contributed by atoms with E-state index in [0.717, 1.165) is 23.0 Å². The van der Waals surface area contributed by atoms with Gasteiger partial charge < -0.3 is 0 Å². The van der Waals surface area contributed by atoms with Gasteiger partial charge in [-0.05, 0) is 47.9 Å². The molecule has 0 spiro atoms. The average molecular weight is 240 g/mol. The highest BCUT2D eigenvalue weighted by atomic mass is 19.1. The van der Waals surface area contributed by atoms with E-state index >= 15 is 0 Å². The van der Waals surface area contributed by atoms with Crippen LogP contribution in [0.4, 0.5) is 4.39 Å². The molecule has 0 saturated carbocycles. The molecule has 2 aromatic rings. The predicted octanol–water partition coefficient (Wildman–Crippen LogP) is 4.12. The summed E-state index contributed by atoms with van der Waals surface area (Å²) < 4.78 is 12.7. The zero-order valence-electron chi connectivity index (χ0n) is 10.1. The normalized spacial score (nSPS) is 10.8. The SMILES string of the molecule is Cc1cc(C=O)cc(/C=C/c2ccc(F)cc2)c1. The minimum absolute atomic E-state index is 0.244. The number of aldehydes is 1. The Morgan fingerprint density at radius 3 is 2.17 bits per heavy atom. The van der Waals surface area contributed by atoms with Crippen LogP contribution in [0.5, 0.6) is 0 Å². The van der Waals surface area contributed by atoms with Crippen molar-refractivity contribution in [1.82, 2.24) is 0 Å². The van der Waals surface area contributed by atoms with Gasteiger partial charge in [0.25, 0.3) is 0 Å². The molecular formula is C16H13FO. The second kappa shape index (κ2) is 5.41. The number of hydrogen-bond donors (Lipinski definition) is 0. The largest absolute Gasteiger partial charge is 0.298 e. The molecule has 0 bridgehead atoms. The van der Waals surface area contributed by atoms with E-state index in [9.17, 15) is 9.18 Å². The molecule has 0 aliphatic heterocycles. The molecule has 0 saturated heterocycles. The number of benzene rings is 2. The molecular weight excluding hydrogens is 227 g/mol. The molecule has 0 aliphatic carbocycles. The van der Waals surface area contributed by atoms with E-state index in [1.165, 1.54) is 12.1 Å². The summed E-state index contributed by atoms with van der Waals surface area (Å²) in [6.45, 7) is 1.95. The molecule has 2 heteroatoms. The average Bonchev–Trinajstić information content (AvgIpc) is 2.37. The van der Waals surface area contributed by atoms with Gasteiger partial charge in [0, 0.05) is 5.56 Å². The zero-order valence-corrected chi connectivity index (χ0v) is 10.1. The van der Waals surface area contributed by atoms with Crippen LogP contribution in [0.2, 0.25) is 0 Å². The summed E-state index contributed by atoms with van der Waals surface area (Å²) in [5.41, 5.74) is 3.58. The van der Waals surface area contributed by atoms with E-state index in [0.29, 0.717) is 5.56 Å². The first-order chi connectivity index (χ1) is 8.67. The summed E-state index contributed by atoms with van der Waals surface area (Å²) in [5.74, 6) is -0.244. The Hall–Kier alpha value is -2.22. The molecule has 2 aromatic carbocycles. The van der Waals surface area contributed by atoms with Gasteiger partial charge in [-0.3, -0.25) is 4.79 Å². The van der Waals surface area contributed by atoms with Crippen molar-refractivity contribution in [3.63, 3.8) is 0 Å². The van der Waals surface area contributed by atoms with E-state index in [1.807, 2.05) is 37.3 Å². The molecule has 0 fully saturated rings. The fraction of sp³-hybridized carbons (Fsp3) is 0.0625. The first kappa shape index (κ1) is 12.2. The van der Waals surface area contributed by atoms with Crippen LogP contribution in [0.3, 0.4) is 0 Å². The van der Waals surface area contributed by atoms with Crippen molar-refractivity contribution >= 4 is 18.4 Å². The van der Waals surface area contributed by atoms with E-state index in [2.05, 4.69) is 0 Å². The third-order valence-electron chi connectivity index (χ3n) is 2.60. The van der Waals surface area contributed by atoms with Gasteiger partial charge in [0.1, 0.15) is 12.1 Å². The lowest BCUT2D eigenvalue weighted by Gasteiger charge is -1.99. The molecule has 0 amide bonds. The lowest BCUT2D eigenvalue weighted by atomic mass is 10.1. The highest BCUT2D eigenvalue weighted by Gasteiger charge is 1.95. The Morgan fingerprint density at radius 2 is 1.50 bits per heavy atom. The quantitative estimate of drug-likeness (QED) is 0.582. The highest BCUT2D eigenvalue weighted by Crippen LogP contribution is 2.12. The monoisotopic (exact) mass is 240 g/mol. The summed E-state index contributed by atoms with van der Waals surface area (Å²) in [6.07, 6.45) is 4.64. The Balaban J connectivity index is 2.25. The van der Waals surface area contributed by atoms with Crippen LogP contribution in [0.1, 0.15) is 27.0 Å². The summed E-state index contributed by atoms with van der Waals surface area (Å²) in [7, 11) is 0. The number of hydrogen-bond acceptors (Lipinski definition) is 1. The Morgan fingerprint density at radius 1 is 0.889 bits per heavy atom. The number of carbonyl (C=O) groups is 1. The lowest BCUT2D eigenvalue weighted by Crippen LogP contribution is -1.84. The molecule has 1 nitrogen and oxygen atoms in total. The van der Waals surface area contributed by atoms with Crippen molar-refractivity contribution in [3.05, 3.63) is 70.5 Å².